The van der Waals surface area contributed by atoms with Crippen LogP contribution in [-0.2, 0) is 0 Å². The van der Waals surface area contributed by atoms with E-state index in [0.717, 1.165) is 64.5 Å². The van der Waals surface area contributed by atoms with Crippen molar-refractivity contribution in [3.05, 3.63) is 101 Å². The summed E-state index contributed by atoms with van der Waals surface area (Å²) in [6.07, 6.45) is 0. The summed E-state index contributed by atoms with van der Waals surface area (Å²) in [4.78, 5) is 0. The molecular formula is C30H14BBrN2. The lowest BCUT2D eigenvalue weighted by molar-refractivity contribution is 1.48. The molecule has 0 fully saturated rings. The van der Waals surface area contributed by atoms with Crippen LogP contribution in [0.15, 0.2) is 89.4 Å². The summed E-state index contributed by atoms with van der Waals surface area (Å²) in [5.74, 6) is 0. The van der Waals surface area contributed by atoms with Crippen molar-refractivity contribution in [2.75, 3.05) is 0 Å². The third-order valence-electron chi connectivity index (χ3n) is 6.53. The number of halogens is 1. The van der Waals surface area contributed by atoms with Gasteiger partial charge >= 0.3 is 0 Å². The van der Waals surface area contributed by atoms with E-state index in [2.05, 4.69) is 58.4 Å². The zero-order valence-electron chi connectivity index (χ0n) is 17.9. The minimum Gasteiger partial charge on any atom is -0.192 e. The first kappa shape index (κ1) is 20.5. The van der Waals surface area contributed by atoms with Gasteiger partial charge in [-0.05, 0) is 84.9 Å². The van der Waals surface area contributed by atoms with Gasteiger partial charge in [0.05, 0.1) is 23.3 Å². The van der Waals surface area contributed by atoms with E-state index in [0.29, 0.717) is 11.1 Å². The molecule has 154 valence electrons. The van der Waals surface area contributed by atoms with Gasteiger partial charge in [0.1, 0.15) is 7.85 Å². The molecule has 2 nitrogen and oxygen atoms in total. The summed E-state index contributed by atoms with van der Waals surface area (Å²) >= 11 is 3.80. The van der Waals surface area contributed by atoms with Crippen LogP contribution < -0.4 is 5.46 Å². The van der Waals surface area contributed by atoms with Gasteiger partial charge in [-0.3, -0.25) is 0 Å². The zero-order chi connectivity index (χ0) is 23.4. The van der Waals surface area contributed by atoms with E-state index in [4.69, 9.17) is 7.85 Å². The Morgan fingerprint density at radius 2 is 1.00 bits per heavy atom. The Hall–Kier alpha value is -4.12. The lowest BCUT2D eigenvalue weighted by Gasteiger charge is -2.19. The molecule has 34 heavy (non-hydrogen) atoms. The number of nitriles is 2. The van der Waals surface area contributed by atoms with Gasteiger partial charge in [0.15, 0.2) is 0 Å². The maximum absolute atomic E-state index is 9.19. The van der Waals surface area contributed by atoms with Crippen LogP contribution in [0.3, 0.4) is 0 Å². The highest BCUT2D eigenvalue weighted by Crippen LogP contribution is 2.44. The maximum Gasteiger partial charge on any atom is 0.114 e. The highest BCUT2D eigenvalue weighted by molar-refractivity contribution is 9.10. The monoisotopic (exact) mass is 492 g/mol. The summed E-state index contributed by atoms with van der Waals surface area (Å²) in [5, 5.41) is 25.1. The standard InChI is InChI=1S/C30H14BBrN2/c31-27-13-25(19-5-1-17(15-33)2-6-19)21-10-12-24-28(32)14-26(20-7-3-18(16-34)4-8-20)22-9-11-23(27)29(21)30(22)24/h1-14H. The lowest BCUT2D eigenvalue weighted by Crippen LogP contribution is -2.06. The summed E-state index contributed by atoms with van der Waals surface area (Å²) < 4.78 is 1.01. The van der Waals surface area contributed by atoms with E-state index in [1.165, 1.54) is 0 Å². The third-order valence-corrected chi connectivity index (χ3v) is 7.19. The van der Waals surface area contributed by atoms with E-state index >= 15 is 0 Å². The molecular weight excluding hydrogens is 479 g/mol. The van der Waals surface area contributed by atoms with E-state index < -0.39 is 0 Å². The Labute approximate surface area is 206 Å². The fourth-order valence-corrected chi connectivity index (χ4v) is 5.46. The Bertz CT molecular complexity index is 1690. The largest absolute Gasteiger partial charge is 0.192 e. The molecule has 0 aliphatic heterocycles. The predicted molar refractivity (Wildman–Crippen MR) is 144 cm³/mol. The molecule has 6 aromatic carbocycles. The van der Waals surface area contributed by atoms with Gasteiger partial charge in [-0.25, -0.2) is 0 Å². The van der Waals surface area contributed by atoms with E-state index in [9.17, 15) is 10.5 Å². The first-order chi connectivity index (χ1) is 16.6. The fourth-order valence-electron chi connectivity index (χ4n) is 4.90. The van der Waals surface area contributed by atoms with Gasteiger partial charge in [0.25, 0.3) is 0 Å². The first-order valence-corrected chi connectivity index (χ1v) is 11.6. The highest BCUT2D eigenvalue weighted by atomic mass is 79.9. The van der Waals surface area contributed by atoms with Gasteiger partial charge in [-0.15, -0.1) is 0 Å². The molecule has 0 aromatic heterocycles. The van der Waals surface area contributed by atoms with E-state index in [-0.39, 0.29) is 0 Å². The molecule has 0 unspecified atom stereocenters. The average molecular weight is 493 g/mol. The van der Waals surface area contributed by atoms with Crippen LogP contribution in [-0.4, -0.2) is 7.85 Å². The predicted octanol–water partition coefficient (Wildman–Crippen LogP) is 7.22. The van der Waals surface area contributed by atoms with Crippen LogP contribution in [0.4, 0.5) is 0 Å². The van der Waals surface area contributed by atoms with Crippen LogP contribution in [0.2, 0.25) is 0 Å². The molecule has 0 heterocycles. The molecule has 0 spiro atoms. The van der Waals surface area contributed by atoms with Crippen LogP contribution >= 0.6 is 15.9 Å². The molecule has 6 rings (SSSR count). The molecule has 0 saturated heterocycles. The Morgan fingerprint density at radius 1 is 0.559 bits per heavy atom. The minimum atomic E-state index is 0.630. The van der Waals surface area contributed by atoms with E-state index in [1.807, 2.05) is 54.6 Å². The summed E-state index contributed by atoms with van der Waals surface area (Å²) in [6.45, 7) is 0. The summed E-state index contributed by atoms with van der Waals surface area (Å²) in [7, 11) is 6.58. The summed E-state index contributed by atoms with van der Waals surface area (Å²) in [5.41, 5.74) is 6.21. The van der Waals surface area contributed by atoms with Crippen molar-refractivity contribution < 1.29 is 0 Å². The van der Waals surface area contributed by atoms with Crippen molar-refractivity contribution in [3.63, 3.8) is 0 Å². The molecule has 4 heteroatoms. The molecule has 0 N–H and O–H groups in total. The van der Waals surface area contributed by atoms with Gasteiger partial charge in [-0.1, -0.05) is 76.0 Å². The number of hydrogen-bond donors (Lipinski definition) is 0. The highest BCUT2D eigenvalue weighted by Gasteiger charge is 2.18. The SMILES string of the molecule is [B]c1cc(-c2ccc(C#N)cc2)c2ccc3c(Br)cc(-c4ccc(C#N)cc4)c4ccc1c2c34. The topological polar surface area (TPSA) is 47.6 Å². The Kier molecular flexibility index (Phi) is 4.66. The van der Waals surface area contributed by atoms with Gasteiger partial charge in [0.2, 0.25) is 0 Å². The Morgan fingerprint density at radius 3 is 1.53 bits per heavy atom. The van der Waals surface area contributed by atoms with Gasteiger partial charge in [-0.2, -0.15) is 10.5 Å². The van der Waals surface area contributed by atoms with Crippen LogP contribution in [0, 0.1) is 22.7 Å². The smallest absolute Gasteiger partial charge is 0.114 e. The van der Waals surface area contributed by atoms with E-state index in [1.54, 1.807) is 0 Å². The van der Waals surface area contributed by atoms with Crippen molar-refractivity contribution >= 4 is 61.6 Å². The maximum atomic E-state index is 9.19. The van der Waals surface area contributed by atoms with Crippen LogP contribution in [0.1, 0.15) is 11.1 Å². The third kappa shape index (κ3) is 3.01. The molecule has 0 saturated carbocycles. The minimum absolute atomic E-state index is 0.630. The molecule has 6 aromatic rings. The molecule has 2 radical (unpaired) electrons. The van der Waals surface area contributed by atoms with Crippen molar-refractivity contribution in [2.45, 2.75) is 0 Å². The summed E-state index contributed by atoms with van der Waals surface area (Å²) in [6, 6.07) is 32.4. The molecule has 0 aliphatic rings. The second-order valence-corrected chi connectivity index (χ2v) is 9.22. The lowest BCUT2D eigenvalue weighted by atomic mass is 9.80. The van der Waals surface area contributed by atoms with Gasteiger partial charge < -0.3 is 0 Å². The number of rotatable bonds is 2. The van der Waals surface area contributed by atoms with Crippen LogP contribution in [0.25, 0.3) is 54.6 Å². The van der Waals surface area contributed by atoms with Crippen LogP contribution in [0.5, 0.6) is 0 Å². The van der Waals surface area contributed by atoms with Crippen molar-refractivity contribution in [2.24, 2.45) is 0 Å². The van der Waals surface area contributed by atoms with Crippen molar-refractivity contribution in [3.8, 4) is 34.4 Å². The van der Waals surface area contributed by atoms with Gasteiger partial charge in [0, 0.05) is 4.47 Å². The Balaban J connectivity index is 1.72. The molecule has 0 atom stereocenters. The second-order valence-electron chi connectivity index (χ2n) is 8.37. The molecule has 0 aliphatic carbocycles. The normalized spacial score (nSPS) is 11.1. The second kappa shape index (κ2) is 7.74. The zero-order valence-corrected chi connectivity index (χ0v) is 19.5. The number of benzene rings is 6. The average Bonchev–Trinajstić information content (AvgIpc) is 2.89. The first-order valence-electron chi connectivity index (χ1n) is 10.8. The van der Waals surface area contributed by atoms with Crippen molar-refractivity contribution in [1.29, 1.82) is 10.5 Å². The number of hydrogen-bond acceptors (Lipinski definition) is 2. The quantitative estimate of drug-likeness (QED) is 0.189. The molecule has 0 amide bonds. The fraction of sp³-hybridized carbons (Fsp3) is 0. The van der Waals surface area contributed by atoms with Crippen molar-refractivity contribution in [1.82, 2.24) is 0 Å². The number of nitrogens with zero attached hydrogens (tertiary/aromatic N) is 2. The molecule has 0 bridgehead atoms.